The summed E-state index contributed by atoms with van der Waals surface area (Å²) in [7, 11) is 0. The van der Waals surface area contributed by atoms with Crippen molar-refractivity contribution in [2.75, 3.05) is 6.54 Å². The number of aromatic nitrogens is 1. The first-order valence-electron chi connectivity index (χ1n) is 7.02. The predicted molar refractivity (Wildman–Crippen MR) is 73.5 cm³/mol. The van der Waals surface area contributed by atoms with Crippen LogP contribution < -0.4 is 10.9 Å². The average Bonchev–Trinajstić information content (AvgIpc) is 2.93. The number of hydrogen-bond donors (Lipinski definition) is 2. The zero-order valence-corrected chi connectivity index (χ0v) is 11.6. The van der Waals surface area contributed by atoms with Crippen LogP contribution in [0.4, 0.5) is 13.2 Å². The molecule has 0 unspecified atom stereocenters. The van der Waals surface area contributed by atoms with Crippen LogP contribution in [0.2, 0.25) is 0 Å². The minimum Gasteiger partial charge on any atom is -0.383 e. The molecule has 0 spiro atoms. The number of rotatable bonds is 2. The lowest BCUT2D eigenvalue weighted by atomic mass is 9.87. The van der Waals surface area contributed by atoms with Gasteiger partial charge in [-0.15, -0.1) is 0 Å². The maximum absolute atomic E-state index is 12.6. The Kier molecular flexibility index (Phi) is 3.82. The highest BCUT2D eigenvalue weighted by Gasteiger charge is 2.31. The molecule has 2 N–H and O–H groups in total. The van der Waals surface area contributed by atoms with E-state index in [0.717, 1.165) is 24.1 Å². The van der Waals surface area contributed by atoms with Crippen molar-refractivity contribution in [3.63, 3.8) is 0 Å². The molecule has 1 aromatic carbocycles. The number of hydrogen-bond acceptors (Lipinski definition) is 3. The van der Waals surface area contributed by atoms with E-state index in [2.05, 4.69) is 10.5 Å². The molecule has 0 saturated carbocycles. The van der Waals surface area contributed by atoms with Crippen molar-refractivity contribution in [1.29, 1.82) is 0 Å². The van der Waals surface area contributed by atoms with Gasteiger partial charge in [0.1, 0.15) is 5.76 Å². The van der Waals surface area contributed by atoms with E-state index < -0.39 is 11.7 Å². The normalized spacial score (nSPS) is 22.7. The lowest BCUT2D eigenvalue weighted by Gasteiger charge is -2.29. The molecule has 4 nitrogen and oxygen atoms in total. The van der Waals surface area contributed by atoms with E-state index in [1.807, 2.05) is 0 Å². The highest BCUT2D eigenvalue weighted by atomic mass is 19.4. The van der Waals surface area contributed by atoms with Gasteiger partial charge in [-0.3, -0.25) is 4.79 Å². The van der Waals surface area contributed by atoms with Crippen LogP contribution in [0.3, 0.4) is 0 Å². The van der Waals surface area contributed by atoms with Crippen molar-refractivity contribution >= 4 is 0 Å². The van der Waals surface area contributed by atoms with E-state index in [1.165, 1.54) is 18.2 Å². The molecule has 22 heavy (non-hydrogen) atoms. The van der Waals surface area contributed by atoms with E-state index in [9.17, 15) is 18.0 Å². The van der Waals surface area contributed by atoms with Crippen LogP contribution in [-0.4, -0.2) is 11.7 Å². The Bertz CT molecular complexity index is 688. The van der Waals surface area contributed by atoms with E-state index in [0.29, 0.717) is 18.7 Å². The molecule has 2 heterocycles. The van der Waals surface area contributed by atoms with Gasteiger partial charge >= 0.3 is 6.18 Å². The van der Waals surface area contributed by atoms with Crippen LogP contribution in [0.15, 0.2) is 39.6 Å². The topological polar surface area (TPSA) is 58.0 Å². The monoisotopic (exact) mass is 312 g/mol. The summed E-state index contributed by atoms with van der Waals surface area (Å²) < 4.78 is 42.9. The molecule has 1 aromatic heterocycles. The van der Waals surface area contributed by atoms with Crippen molar-refractivity contribution < 1.29 is 17.7 Å². The van der Waals surface area contributed by atoms with Gasteiger partial charge in [0.05, 0.1) is 5.56 Å². The number of nitrogens with one attached hydrogen (secondary N) is 2. The van der Waals surface area contributed by atoms with Crippen LogP contribution in [0, 0.1) is 0 Å². The standard InChI is InChI=1S/C15H15F3N2O2/c16-15(17,18)11-3-1-9(2-4-11)12-7-10(5-6-19-12)13-8-14(21)20-22-13/h1-4,8,10,12,19H,5-7H2,(H,20,21)/t10-,12+/m0/s1. The first-order chi connectivity index (χ1) is 10.4. The fourth-order valence-electron chi connectivity index (χ4n) is 2.83. The molecule has 1 saturated heterocycles. The minimum absolute atomic E-state index is 0.0544. The molecule has 2 atom stereocenters. The Balaban J connectivity index is 1.76. The van der Waals surface area contributed by atoms with Gasteiger partial charge in [-0.05, 0) is 37.1 Å². The zero-order valence-electron chi connectivity index (χ0n) is 11.6. The number of aromatic amines is 1. The highest BCUT2D eigenvalue weighted by Crippen LogP contribution is 2.35. The van der Waals surface area contributed by atoms with E-state index >= 15 is 0 Å². The van der Waals surface area contributed by atoms with E-state index in [1.54, 1.807) is 0 Å². The van der Waals surface area contributed by atoms with Gasteiger partial charge in [0, 0.05) is 18.0 Å². The molecule has 1 fully saturated rings. The predicted octanol–water partition coefficient (Wildman–Crippen LogP) is 3.20. The smallest absolute Gasteiger partial charge is 0.383 e. The van der Waals surface area contributed by atoms with Crippen LogP contribution in [-0.2, 0) is 6.18 Å². The molecule has 0 radical (unpaired) electrons. The Morgan fingerprint density at radius 1 is 1.18 bits per heavy atom. The maximum Gasteiger partial charge on any atom is 0.416 e. The molecular weight excluding hydrogens is 297 g/mol. The molecule has 0 bridgehead atoms. The SMILES string of the molecule is O=c1cc([C@H]2CCN[C@@H](c3ccc(C(F)(F)F)cc3)C2)o[nH]1. The third kappa shape index (κ3) is 3.09. The first-order valence-corrected chi connectivity index (χ1v) is 7.02. The summed E-state index contributed by atoms with van der Waals surface area (Å²) in [6, 6.07) is 6.56. The lowest BCUT2D eigenvalue weighted by molar-refractivity contribution is -0.137. The Morgan fingerprint density at radius 2 is 1.91 bits per heavy atom. The molecule has 3 rings (SSSR count). The second-order valence-corrected chi connectivity index (χ2v) is 5.46. The summed E-state index contributed by atoms with van der Waals surface area (Å²) in [5.41, 5.74) is -0.129. The fraction of sp³-hybridized carbons (Fsp3) is 0.400. The number of H-pyrrole nitrogens is 1. The van der Waals surface area contributed by atoms with Crippen molar-refractivity contribution in [2.45, 2.75) is 31.0 Å². The number of benzene rings is 1. The van der Waals surface area contributed by atoms with Crippen LogP contribution in [0.5, 0.6) is 0 Å². The number of piperidine rings is 1. The molecule has 2 aromatic rings. The second kappa shape index (κ2) is 5.64. The third-order valence-electron chi connectivity index (χ3n) is 3.99. The van der Waals surface area contributed by atoms with Crippen LogP contribution in [0.25, 0.3) is 0 Å². The zero-order chi connectivity index (χ0) is 15.7. The molecule has 118 valence electrons. The van der Waals surface area contributed by atoms with Gasteiger partial charge in [-0.25, -0.2) is 0 Å². The van der Waals surface area contributed by atoms with Crippen LogP contribution in [0.1, 0.15) is 41.7 Å². The van der Waals surface area contributed by atoms with Crippen molar-refractivity contribution in [3.8, 4) is 0 Å². The summed E-state index contributed by atoms with van der Waals surface area (Å²) in [5, 5.41) is 5.56. The van der Waals surface area contributed by atoms with Crippen molar-refractivity contribution in [2.24, 2.45) is 0 Å². The van der Waals surface area contributed by atoms with Gasteiger partial charge in [-0.1, -0.05) is 12.1 Å². The average molecular weight is 312 g/mol. The second-order valence-electron chi connectivity index (χ2n) is 5.46. The fourth-order valence-corrected chi connectivity index (χ4v) is 2.83. The third-order valence-corrected chi connectivity index (χ3v) is 3.99. The Labute approximate surface area is 124 Å². The van der Waals surface area contributed by atoms with Gasteiger partial charge in [-0.2, -0.15) is 18.3 Å². The van der Waals surface area contributed by atoms with Crippen LogP contribution >= 0.6 is 0 Å². The first kappa shape index (κ1) is 14.9. The number of alkyl halides is 3. The van der Waals surface area contributed by atoms with E-state index in [-0.39, 0.29) is 17.5 Å². The quantitative estimate of drug-likeness (QED) is 0.895. The summed E-state index contributed by atoms with van der Waals surface area (Å²) >= 11 is 0. The van der Waals surface area contributed by atoms with Gasteiger partial charge in [0.15, 0.2) is 0 Å². The molecule has 0 aliphatic carbocycles. The molecule has 1 aliphatic heterocycles. The van der Waals surface area contributed by atoms with Gasteiger partial charge in [0.25, 0.3) is 5.56 Å². The Hall–Kier alpha value is -2.02. The Morgan fingerprint density at radius 3 is 2.50 bits per heavy atom. The molecule has 7 heteroatoms. The summed E-state index contributed by atoms with van der Waals surface area (Å²) in [6.07, 6.45) is -2.83. The minimum atomic E-state index is -4.32. The highest BCUT2D eigenvalue weighted by molar-refractivity contribution is 5.27. The summed E-state index contributed by atoms with van der Waals surface area (Å²) in [6.45, 7) is 0.714. The molecule has 0 amide bonds. The van der Waals surface area contributed by atoms with Gasteiger partial charge < -0.3 is 9.84 Å². The summed E-state index contributed by atoms with van der Waals surface area (Å²) in [4.78, 5) is 11.1. The lowest BCUT2D eigenvalue weighted by Crippen LogP contribution is -2.30. The summed E-state index contributed by atoms with van der Waals surface area (Å²) in [5.74, 6) is 0.677. The largest absolute Gasteiger partial charge is 0.416 e. The van der Waals surface area contributed by atoms with Gasteiger partial charge in [0.2, 0.25) is 0 Å². The van der Waals surface area contributed by atoms with Crippen molar-refractivity contribution in [3.05, 3.63) is 57.6 Å². The number of halogens is 3. The molecular formula is C15H15F3N2O2. The maximum atomic E-state index is 12.6. The van der Waals surface area contributed by atoms with E-state index in [4.69, 9.17) is 4.52 Å². The molecule has 1 aliphatic rings. The van der Waals surface area contributed by atoms with Crippen molar-refractivity contribution in [1.82, 2.24) is 10.5 Å².